The van der Waals surface area contributed by atoms with Crippen LogP contribution in [0.25, 0.3) is 0 Å². The molecule has 18 heavy (non-hydrogen) atoms. The van der Waals surface area contributed by atoms with Crippen LogP contribution in [-0.2, 0) is 23.6 Å². The van der Waals surface area contributed by atoms with Crippen molar-refractivity contribution in [3.8, 4) is 0 Å². The molecule has 1 unspecified atom stereocenters. The van der Waals surface area contributed by atoms with E-state index >= 15 is 0 Å². The molecule has 0 bridgehead atoms. The lowest BCUT2D eigenvalue weighted by atomic mass is 10.4. The van der Waals surface area contributed by atoms with Gasteiger partial charge in [-0.2, -0.15) is 11.8 Å². The first-order chi connectivity index (χ1) is 8.40. The Kier molecular flexibility index (Phi) is 5.71. The normalized spacial score (nSPS) is 13.8. The number of hydrogen-bond donors (Lipinski definition) is 2. The lowest BCUT2D eigenvalue weighted by Gasteiger charge is -2.11. The van der Waals surface area contributed by atoms with Crippen molar-refractivity contribution in [1.82, 2.24) is 14.6 Å². The van der Waals surface area contributed by atoms with Gasteiger partial charge in [0, 0.05) is 37.3 Å². The van der Waals surface area contributed by atoms with Crippen LogP contribution in [0.5, 0.6) is 0 Å². The van der Waals surface area contributed by atoms with Crippen molar-refractivity contribution < 1.29 is 8.42 Å². The lowest BCUT2D eigenvalue weighted by Crippen LogP contribution is -2.34. The summed E-state index contributed by atoms with van der Waals surface area (Å²) in [5.74, 6) is 0.759. The van der Waals surface area contributed by atoms with Crippen LogP contribution in [-0.4, -0.2) is 38.1 Å². The van der Waals surface area contributed by atoms with Crippen molar-refractivity contribution in [3.63, 3.8) is 0 Å². The minimum Gasteiger partial charge on any atom is -0.352 e. The molecule has 1 atom stereocenters. The zero-order valence-corrected chi connectivity index (χ0v) is 12.9. The molecule has 0 spiro atoms. The van der Waals surface area contributed by atoms with Crippen LogP contribution in [0.2, 0.25) is 0 Å². The third-order valence-corrected chi connectivity index (χ3v) is 4.91. The number of aromatic nitrogens is 1. The first kappa shape index (κ1) is 15.6. The maximum absolute atomic E-state index is 12.1. The van der Waals surface area contributed by atoms with Crippen molar-refractivity contribution >= 4 is 21.8 Å². The second-order valence-corrected chi connectivity index (χ2v) is 6.91. The Bertz CT molecular complexity index is 482. The number of thioether (sulfide) groups is 1. The standard InChI is InChI=1S/C11H21N3O2S2/c1-9(8-17-4)13-18(15,16)11-5-10(6-12-2)14(3)7-11/h5,7,9,12-13H,6,8H2,1-4H3. The van der Waals surface area contributed by atoms with Gasteiger partial charge in [-0.25, -0.2) is 13.1 Å². The van der Waals surface area contributed by atoms with E-state index in [2.05, 4.69) is 10.0 Å². The van der Waals surface area contributed by atoms with E-state index in [1.165, 1.54) is 0 Å². The zero-order chi connectivity index (χ0) is 13.8. The molecule has 1 aromatic rings. The Hall–Kier alpha value is -0.500. The molecule has 1 rings (SSSR count). The summed E-state index contributed by atoms with van der Waals surface area (Å²) in [7, 11) is 0.264. The zero-order valence-electron chi connectivity index (χ0n) is 11.2. The number of aryl methyl sites for hydroxylation is 1. The van der Waals surface area contributed by atoms with Gasteiger partial charge in [0.15, 0.2) is 0 Å². The SMILES string of the molecule is CNCc1cc(S(=O)(=O)NC(C)CSC)cn1C. The van der Waals surface area contributed by atoms with E-state index < -0.39 is 10.0 Å². The van der Waals surface area contributed by atoms with Crippen LogP contribution in [0, 0.1) is 0 Å². The van der Waals surface area contributed by atoms with Crippen LogP contribution in [0.3, 0.4) is 0 Å². The Morgan fingerprint density at radius 1 is 1.50 bits per heavy atom. The molecule has 0 aliphatic rings. The summed E-state index contributed by atoms with van der Waals surface area (Å²) in [6, 6.07) is 1.63. The minimum absolute atomic E-state index is 0.0713. The Balaban J connectivity index is 2.88. The highest BCUT2D eigenvalue weighted by Gasteiger charge is 2.19. The van der Waals surface area contributed by atoms with Crippen LogP contribution >= 0.6 is 11.8 Å². The first-order valence-electron chi connectivity index (χ1n) is 5.71. The molecule has 0 aliphatic heterocycles. The van der Waals surface area contributed by atoms with Crippen molar-refractivity contribution in [2.75, 3.05) is 19.1 Å². The maximum atomic E-state index is 12.1. The Morgan fingerprint density at radius 2 is 2.17 bits per heavy atom. The third kappa shape index (κ3) is 4.01. The van der Waals surface area contributed by atoms with E-state index in [4.69, 9.17) is 0 Å². The number of hydrogen-bond acceptors (Lipinski definition) is 4. The topological polar surface area (TPSA) is 63.1 Å². The second kappa shape index (κ2) is 6.60. The van der Waals surface area contributed by atoms with Crippen molar-refractivity contribution in [1.29, 1.82) is 0 Å². The Labute approximate surface area is 113 Å². The maximum Gasteiger partial charge on any atom is 0.242 e. The van der Waals surface area contributed by atoms with Crippen LogP contribution < -0.4 is 10.0 Å². The van der Waals surface area contributed by atoms with Gasteiger partial charge < -0.3 is 9.88 Å². The van der Waals surface area contributed by atoms with E-state index in [1.807, 2.05) is 31.8 Å². The summed E-state index contributed by atoms with van der Waals surface area (Å²) in [4.78, 5) is 0.322. The molecule has 0 aromatic carbocycles. The second-order valence-electron chi connectivity index (χ2n) is 4.29. The quantitative estimate of drug-likeness (QED) is 0.779. The summed E-state index contributed by atoms with van der Waals surface area (Å²) in [5.41, 5.74) is 0.940. The van der Waals surface area contributed by atoms with Gasteiger partial charge >= 0.3 is 0 Å². The minimum atomic E-state index is -3.41. The van der Waals surface area contributed by atoms with Gasteiger partial charge in [0.05, 0.1) is 4.90 Å². The van der Waals surface area contributed by atoms with Gasteiger partial charge in [0.1, 0.15) is 0 Å². The average molecular weight is 291 g/mol. The molecular weight excluding hydrogens is 270 g/mol. The summed E-state index contributed by atoms with van der Waals surface area (Å²) in [6.45, 7) is 2.51. The largest absolute Gasteiger partial charge is 0.352 e. The van der Waals surface area contributed by atoms with Crippen LogP contribution in [0.4, 0.5) is 0 Å². The average Bonchev–Trinajstić information content (AvgIpc) is 2.61. The van der Waals surface area contributed by atoms with Crippen LogP contribution in [0.1, 0.15) is 12.6 Å². The molecule has 2 N–H and O–H groups in total. The molecule has 0 fully saturated rings. The summed E-state index contributed by atoms with van der Waals surface area (Å²) in [5, 5.41) is 3.01. The highest BCUT2D eigenvalue weighted by atomic mass is 32.2. The van der Waals surface area contributed by atoms with E-state index in [0.717, 1.165) is 11.4 Å². The van der Waals surface area contributed by atoms with E-state index in [1.54, 1.807) is 24.0 Å². The summed E-state index contributed by atoms with van der Waals surface area (Å²) in [6.07, 6.45) is 3.60. The van der Waals surface area contributed by atoms with Gasteiger partial charge in [-0.1, -0.05) is 0 Å². The molecule has 1 heterocycles. The molecule has 104 valence electrons. The fourth-order valence-corrected chi connectivity index (χ4v) is 3.72. The molecule has 0 radical (unpaired) electrons. The van der Waals surface area contributed by atoms with Crippen molar-refractivity contribution in [2.24, 2.45) is 7.05 Å². The molecule has 0 aliphatic carbocycles. The summed E-state index contributed by atoms with van der Waals surface area (Å²) < 4.78 is 28.8. The molecule has 5 nitrogen and oxygen atoms in total. The molecule has 7 heteroatoms. The Morgan fingerprint density at radius 3 is 2.72 bits per heavy atom. The van der Waals surface area contributed by atoms with E-state index in [-0.39, 0.29) is 6.04 Å². The van der Waals surface area contributed by atoms with Gasteiger partial charge in [-0.3, -0.25) is 0 Å². The molecule has 0 saturated heterocycles. The number of nitrogens with zero attached hydrogens (tertiary/aromatic N) is 1. The first-order valence-corrected chi connectivity index (χ1v) is 8.59. The predicted molar refractivity (Wildman–Crippen MR) is 76.3 cm³/mol. The molecule has 0 saturated carbocycles. The van der Waals surface area contributed by atoms with Gasteiger partial charge in [0.25, 0.3) is 0 Å². The summed E-state index contributed by atoms with van der Waals surface area (Å²) >= 11 is 1.62. The lowest BCUT2D eigenvalue weighted by molar-refractivity contribution is 0.571. The van der Waals surface area contributed by atoms with Gasteiger partial charge in [-0.15, -0.1) is 0 Å². The monoisotopic (exact) mass is 291 g/mol. The highest BCUT2D eigenvalue weighted by molar-refractivity contribution is 7.98. The van der Waals surface area contributed by atoms with Gasteiger partial charge in [-0.05, 0) is 26.3 Å². The van der Waals surface area contributed by atoms with Crippen molar-refractivity contribution in [3.05, 3.63) is 18.0 Å². The highest BCUT2D eigenvalue weighted by Crippen LogP contribution is 2.14. The van der Waals surface area contributed by atoms with E-state index in [0.29, 0.717) is 11.4 Å². The number of nitrogens with one attached hydrogen (secondary N) is 2. The fraction of sp³-hybridized carbons (Fsp3) is 0.636. The van der Waals surface area contributed by atoms with Gasteiger partial charge in [0.2, 0.25) is 10.0 Å². The number of sulfonamides is 1. The fourth-order valence-electron chi connectivity index (χ4n) is 1.70. The predicted octanol–water partition coefficient (Wildman–Crippen LogP) is 0.774. The third-order valence-electron chi connectivity index (χ3n) is 2.52. The van der Waals surface area contributed by atoms with Crippen molar-refractivity contribution in [2.45, 2.75) is 24.4 Å². The van der Waals surface area contributed by atoms with Crippen LogP contribution in [0.15, 0.2) is 17.2 Å². The number of rotatable bonds is 7. The molecule has 1 aromatic heterocycles. The smallest absolute Gasteiger partial charge is 0.242 e. The molecular formula is C11H21N3O2S2. The molecule has 0 amide bonds. The van der Waals surface area contributed by atoms with E-state index in [9.17, 15) is 8.42 Å².